The van der Waals surface area contributed by atoms with E-state index >= 15 is 0 Å². The number of nitrogens with zero attached hydrogens (tertiary/aromatic N) is 3. The third-order valence-electron chi connectivity index (χ3n) is 2.76. The highest BCUT2D eigenvalue weighted by Gasteiger charge is 2.03. The van der Waals surface area contributed by atoms with E-state index in [-0.39, 0.29) is 0 Å². The second kappa shape index (κ2) is 6.53. The summed E-state index contributed by atoms with van der Waals surface area (Å²) >= 11 is 0. The molecular formula is C15H16N4O. The fourth-order valence-electron chi connectivity index (χ4n) is 1.68. The van der Waals surface area contributed by atoms with Crippen LogP contribution in [0.3, 0.4) is 0 Å². The molecule has 0 unspecified atom stereocenters. The zero-order valence-corrected chi connectivity index (χ0v) is 11.6. The first kappa shape index (κ1) is 13.8. The Balaban J connectivity index is 2.03. The molecular weight excluding hydrogens is 252 g/mol. The van der Waals surface area contributed by atoms with Gasteiger partial charge in [-0.15, -0.1) is 0 Å². The van der Waals surface area contributed by atoms with Crippen LogP contribution in [0.2, 0.25) is 0 Å². The Labute approximate surface area is 118 Å². The van der Waals surface area contributed by atoms with Crippen molar-refractivity contribution >= 4 is 5.82 Å². The lowest BCUT2D eigenvalue weighted by atomic mass is 10.1. The number of rotatable bonds is 5. The third-order valence-corrected chi connectivity index (χ3v) is 2.76. The standard InChI is InChI=1S/C15H16N4O/c1-3-17-15-9-18-13(8-19-15)10-20-14-6-12(7-16)5-4-11(14)2/h4-6,8-9H,3,10H2,1-2H3,(H,17,19). The van der Waals surface area contributed by atoms with E-state index in [9.17, 15) is 0 Å². The fourth-order valence-corrected chi connectivity index (χ4v) is 1.68. The molecule has 0 saturated carbocycles. The van der Waals surface area contributed by atoms with Crippen molar-refractivity contribution in [2.24, 2.45) is 0 Å². The van der Waals surface area contributed by atoms with Gasteiger partial charge >= 0.3 is 0 Å². The van der Waals surface area contributed by atoms with Crippen LogP contribution < -0.4 is 10.1 Å². The molecule has 0 aliphatic heterocycles. The second-order valence-corrected chi connectivity index (χ2v) is 4.30. The summed E-state index contributed by atoms with van der Waals surface area (Å²) in [4.78, 5) is 8.50. The fraction of sp³-hybridized carbons (Fsp3) is 0.267. The van der Waals surface area contributed by atoms with E-state index < -0.39 is 0 Å². The molecule has 102 valence electrons. The van der Waals surface area contributed by atoms with E-state index in [0.29, 0.717) is 17.9 Å². The van der Waals surface area contributed by atoms with Crippen molar-refractivity contribution in [2.45, 2.75) is 20.5 Å². The highest BCUT2D eigenvalue weighted by Crippen LogP contribution is 2.20. The summed E-state index contributed by atoms with van der Waals surface area (Å²) in [7, 11) is 0. The van der Waals surface area contributed by atoms with Crippen molar-refractivity contribution < 1.29 is 4.74 Å². The summed E-state index contributed by atoms with van der Waals surface area (Å²) in [6.07, 6.45) is 3.36. The van der Waals surface area contributed by atoms with Crippen LogP contribution in [0.4, 0.5) is 5.82 Å². The van der Waals surface area contributed by atoms with Crippen LogP contribution in [0.1, 0.15) is 23.7 Å². The lowest BCUT2D eigenvalue weighted by Crippen LogP contribution is -2.04. The Kier molecular flexibility index (Phi) is 4.51. The number of hydrogen-bond donors (Lipinski definition) is 1. The Morgan fingerprint density at radius 2 is 2.15 bits per heavy atom. The first-order valence-corrected chi connectivity index (χ1v) is 6.41. The molecule has 0 atom stereocenters. The normalized spacial score (nSPS) is 9.85. The van der Waals surface area contributed by atoms with Crippen LogP contribution in [0.5, 0.6) is 5.75 Å². The van der Waals surface area contributed by atoms with Gasteiger partial charge in [-0.05, 0) is 31.5 Å². The number of hydrogen-bond acceptors (Lipinski definition) is 5. The SMILES string of the molecule is CCNc1cnc(COc2cc(C#N)ccc2C)cn1. The van der Waals surface area contributed by atoms with Gasteiger partial charge in [-0.25, -0.2) is 4.98 Å². The van der Waals surface area contributed by atoms with Crippen molar-refractivity contribution in [3.05, 3.63) is 47.4 Å². The molecule has 1 aromatic carbocycles. The van der Waals surface area contributed by atoms with Gasteiger partial charge in [0.1, 0.15) is 18.2 Å². The summed E-state index contributed by atoms with van der Waals surface area (Å²) < 4.78 is 5.69. The molecule has 5 heteroatoms. The maximum atomic E-state index is 8.88. The Morgan fingerprint density at radius 1 is 1.30 bits per heavy atom. The van der Waals surface area contributed by atoms with Gasteiger partial charge in [0.2, 0.25) is 0 Å². The first-order chi connectivity index (χ1) is 9.72. The zero-order valence-electron chi connectivity index (χ0n) is 11.6. The van der Waals surface area contributed by atoms with Crippen LogP contribution >= 0.6 is 0 Å². The van der Waals surface area contributed by atoms with Crippen LogP contribution in [-0.2, 0) is 6.61 Å². The molecule has 0 amide bonds. The molecule has 0 aliphatic carbocycles. The average molecular weight is 268 g/mol. The molecule has 0 spiro atoms. The van der Waals surface area contributed by atoms with E-state index in [4.69, 9.17) is 10.00 Å². The summed E-state index contributed by atoms with van der Waals surface area (Å²) in [5.41, 5.74) is 2.31. The molecule has 0 saturated heterocycles. The van der Waals surface area contributed by atoms with Crippen LogP contribution in [0, 0.1) is 18.3 Å². The average Bonchev–Trinajstić information content (AvgIpc) is 2.48. The van der Waals surface area contributed by atoms with Gasteiger partial charge in [-0.3, -0.25) is 4.98 Å². The number of nitriles is 1. The highest BCUT2D eigenvalue weighted by molar-refractivity contribution is 5.41. The Morgan fingerprint density at radius 3 is 2.80 bits per heavy atom. The Hall–Kier alpha value is -2.61. The number of nitrogens with one attached hydrogen (secondary N) is 1. The van der Waals surface area contributed by atoms with Crippen molar-refractivity contribution in [1.29, 1.82) is 5.26 Å². The van der Waals surface area contributed by atoms with Crippen molar-refractivity contribution in [3.8, 4) is 11.8 Å². The monoisotopic (exact) mass is 268 g/mol. The van der Waals surface area contributed by atoms with Crippen molar-refractivity contribution in [3.63, 3.8) is 0 Å². The van der Waals surface area contributed by atoms with Gasteiger partial charge < -0.3 is 10.1 Å². The zero-order chi connectivity index (χ0) is 14.4. The van der Waals surface area contributed by atoms with Crippen molar-refractivity contribution in [2.75, 3.05) is 11.9 Å². The van der Waals surface area contributed by atoms with Gasteiger partial charge in [0.25, 0.3) is 0 Å². The maximum absolute atomic E-state index is 8.88. The van der Waals surface area contributed by atoms with Crippen LogP contribution in [0.15, 0.2) is 30.6 Å². The molecule has 0 radical (unpaired) electrons. The first-order valence-electron chi connectivity index (χ1n) is 6.41. The third kappa shape index (κ3) is 3.45. The number of benzene rings is 1. The molecule has 5 nitrogen and oxygen atoms in total. The topological polar surface area (TPSA) is 70.8 Å². The summed E-state index contributed by atoms with van der Waals surface area (Å²) in [5.74, 6) is 1.44. The second-order valence-electron chi connectivity index (χ2n) is 4.30. The maximum Gasteiger partial charge on any atom is 0.144 e. The van der Waals surface area contributed by atoms with Gasteiger partial charge in [0.15, 0.2) is 0 Å². The van der Waals surface area contributed by atoms with E-state index in [0.717, 1.165) is 23.6 Å². The van der Waals surface area contributed by atoms with E-state index in [2.05, 4.69) is 21.4 Å². The largest absolute Gasteiger partial charge is 0.487 e. The number of anilines is 1. The van der Waals surface area contributed by atoms with Gasteiger partial charge in [0, 0.05) is 6.54 Å². The highest BCUT2D eigenvalue weighted by atomic mass is 16.5. The number of aryl methyl sites for hydroxylation is 1. The van der Waals surface area contributed by atoms with E-state index in [1.54, 1.807) is 24.5 Å². The predicted molar refractivity (Wildman–Crippen MR) is 76.4 cm³/mol. The van der Waals surface area contributed by atoms with Crippen LogP contribution in [0.25, 0.3) is 0 Å². The molecule has 0 aliphatic rings. The Bertz CT molecular complexity index is 617. The minimum Gasteiger partial charge on any atom is -0.487 e. The number of ether oxygens (including phenoxy) is 1. The molecule has 1 heterocycles. The molecule has 1 aromatic heterocycles. The summed E-state index contributed by atoms with van der Waals surface area (Å²) in [5, 5.41) is 12.0. The van der Waals surface area contributed by atoms with E-state index in [1.807, 2.05) is 19.9 Å². The quantitative estimate of drug-likeness (QED) is 0.902. The lowest BCUT2D eigenvalue weighted by Gasteiger charge is -2.09. The minimum atomic E-state index is 0.328. The van der Waals surface area contributed by atoms with E-state index in [1.165, 1.54) is 0 Å². The molecule has 1 N–H and O–H groups in total. The summed E-state index contributed by atoms with van der Waals surface area (Å²) in [6, 6.07) is 7.47. The molecule has 2 rings (SSSR count). The predicted octanol–water partition coefficient (Wildman–Crippen LogP) is 2.67. The van der Waals surface area contributed by atoms with Gasteiger partial charge in [-0.2, -0.15) is 5.26 Å². The van der Waals surface area contributed by atoms with Crippen molar-refractivity contribution in [1.82, 2.24) is 9.97 Å². The molecule has 0 bridgehead atoms. The summed E-state index contributed by atoms with van der Waals surface area (Å²) in [6.45, 7) is 5.08. The lowest BCUT2D eigenvalue weighted by molar-refractivity contribution is 0.298. The minimum absolute atomic E-state index is 0.328. The smallest absolute Gasteiger partial charge is 0.144 e. The molecule has 0 fully saturated rings. The number of aromatic nitrogens is 2. The molecule has 20 heavy (non-hydrogen) atoms. The molecule has 2 aromatic rings. The van der Waals surface area contributed by atoms with Crippen LogP contribution in [-0.4, -0.2) is 16.5 Å². The van der Waals surface area contributed by atoms with Gasteiger partial charge in [0.05, 0.1) is 29.7 Å². The van der Waals surface area contributed by atoms with Gasteiger partial charge in [-0.1, -0.05) is 6.07 Å².